The number of hydrogen-bond acceptors (Lipinski definition) is 6. The van der Waals surface area contributed by atoms with Gasteiger partial charge in [0, 0.05) is 80.5 Å². The minimum Gasteiger partial charge on any atom is -0.465 e. The van der Waals surface area contributed by atoms with Crippen molar-refractivity contribution in [3.05, 3.63) is 77.6 Å². The van der Waals surface area contributed by atoms with Crippen LogP contribution in [0.2, 0.25) is 0 Å². The number of anilines is 1. The third-order valence-electron chi connectivity index (χ3n) is 13.1. The Morgan fingerprint density at radius 3 is 2.24 bits per heavy atom. The molecule has 54 heavy (non-hydrogen) atoms. The zero-order chi connectivity index (χ0) is 38.0. The van der Waals surface area contributed by atoms with Crippen LogP contribution in [0.25, 0.3) is 0 Å². The Balaban J connectivity index is 0.937. The van der Waals surface area contributed by atoms with Crippen molar-refractivity contribution in [1.82, 2.24) is 24.9 Å². The maximum atomic E-state index is 15.4. The fourth-order valence-electron chi connectivity index (χ4n) is 10.1. The molecule has 4 aliphatic heterocycles. The Morgan fingerprint density at radius 2 is 1.61 bits per heavy atom. The number of carbonyl (C=O) groups excluding carboxylic acids is 1. The van der Waals surface area contributed by atoms with Gasteiger partial charge in [-0.2, -0.15) is 0 Å². The minimum absolute atomic E-state index is 0.00228. The zero-order valence-electron chi connectivity index (χ0n) is 31.8. The van der Waals surface area contributed by atoms with Gasteiger partial charge in [0.1, 0.15) is 5.82 Å². The van der Waals surface area contributed by atoms with Crippen LogP contribution in [-0.2, 0) is 16.1 Å². The molecule has 2 amide bonds. The van der Waals surface area contributed by atoms with Crippen LogP contribution in [-0.4, -0.2) is 129 Å². The van der Waals surface area contributed by atoms with Crippen molar-refractivity contribution in [2.45, 2.75) is 55.9 Å². The van der Waals surface area contributed by atoms with E-state index in [0.29, 0.717) is 18.4 Å². The van der Waals surface area contributed by atoms with Gasteiger partial charge < -0.3 is 34.9 Å². The van der Waals surface area contributed by atoms with Gasteiger partial charge >= 0.3 is 6.09 Å². The van der Waals surface area contributed by atoms with E-state index >= 15 is 8.78 Å². The second-order valence-corrected chi connectivity index (χ2v) is 16.9. The third-order valence-corrected chi connectivity index (χ3v) is 13.1. The number of carbonyl (C=O) groups is 2. The van der Waals surface area contributed by atoms with E-state index in [4.69, 9.17) is 0 Å². The average molecular weight is 751 g/mol. The lowest BCUT2D eigenvalue weighted by Gasteiger charge is -2.54. The van der Waals surface area contributed by atoms with Gasteiger partial charge in [-0.3, -0.25) is 4.79 Å². The molecule has 7 rings (SSSR count). The molecule has 4 saturated heterocycles. The van der Waals surface area contributed by atoms with Gasteiger partial charge in [-0.25, -0.2) is 18.0 Å². The standard InChI is InChI=1S/C42H57F3N6O3/c1-47(2)18-5-11-39(52)51-27-34(28-51)42(44,45)32-12-14-36(15-13-32)50-25-30(26-50)24-48-21-16-31(17-22-48)41(29-49-19-6-20-49,33-7-3-8-35(43)23-33)37-9-4-10-38(37)46-40(53)54/h3,5,7-8,11-15,23,30-31,34,37-38,46H,4,6,9-10,16-22,24-29H2,1-2H3,(H,53,54)/b11-5+/t37-,38-,41-/m0/s1. The first-order chi connectivity index (χ1) is 25.9. The molecular weight excluding hydrogens is 693 g/mol. The molecule has 2 N–H and O–H groups in total. The van der Waals surface area contributed by atoms with Crippen molar-refractivity contribution in [3.63, 3.8) is 0 Å². The monoisotopic (exact) mass is 750 g/mol. The first-order valence-corrected chi connectivity index (χ1v) is 20.0. The molecule has 1 aliphatic carbocycles. The molecule has 3 atom stereocenters. The number of nitrogens with zero attached hydrogens (tertiary/aromatic N) is 5. The number of amides is 2. The second-order valence-electron chi connectivity index (χ2n) is 16.9. The predicted molar refractivity (Wildman–Crippen MR) is 204 cm³/mol. The van der Waals surface area contributed by atoms with Crippen LogP contribution in [0.5, 0.6) is 0 Å². The maximum absolute atomic E-state index is 15.4. The van der Waals surface area contributed by atoms with Crippen LogP contribution >= 0.6 is 0 Å². The summed E-state index contributed by atoms with van der Waals surface area (Å²) < 4.78 is 45.7. The molecule has 5 aliphatic rings. The SMILES string of the molecule is CN(C)C/C=C/C(=O)N1CC(C(F)(F)c2ccc(N3CC(CN4CCC([C@@](CN5CCC5)(c5cccc(F)c5)[C@H]5CCC[C@@H]5NC(=O)O)CC4)C3)cc2)C1. The summed E-state index contributed by atoms with van der Waals surface area (Å²) >= 11 is 0. The molecule has 2 aromatic carbocycles. The molecule has 0 bridgehead atoms. The molecule has 1 saturated carbocycles. The van der Waals surface area contributed by atoms with E-state index < -0.39 is 17.9 Å². The Kier molecular flexibility index (Phi) is 11.6. The van der Waals surface area contributed by atoms with Crippen molar-refractivity contribution < 1.29 is 27.9 Å². The van der Waals surface area contributed by atoms with Crippen LogP contribution in [0.4, 0.5) is 23.7 Å². The fraction of sp³-hybridized carbons (Fsp3) is 0.619. The van der Waals surface area contributed by atoms with Crippen molar-refractivity contribution in [1.29, 1.82) is 0 Å². The number of alkyl halides is 2. The van der Waals surface area contributed by atoms with Crippen molar-refractivity contribution in [3.8, 4) is 0 Å². The van der Waals surface area contributed by atoms with Gasteiger partial charge in [-0.1, -0.05) is 36.8 Å². The lowest BCUT2D eigenvalue weighted by atomic mass is 9.57. The molecule has 9 nitrogen and oxygen atoms in total. The number of likely N-dealkylation sites (tertiary alicyclic amines) is 3. The zero-order valence-corrected chi connectivity index (χ0v) is 31.8. The highest BCUT2D eigenvalue weighted by molar-refractivity contribution is 5.88. The summed E-state index contributed by atoms with van der Waals surface area (Å²) in [6.45, 7) is 8.25. The summed E-state index contributed by atoms with van der Waals surface area (Å²) in [6.07, 6.45) is 8.06. The van der Waals surface area contributed by atoms with Gasteiger partial charge in [0.05, 0.1) is 5.92 Å². The molecule has 2 aromatic rings. The molecule has 0 radical (unpaired) electrons. The average Bonchev–Trinajstić information content (AvgIpc) is 3.53. The predicted octanol–water partition coefficient (Wildman–Crippen LogP) is 5.72. The lowest BCUT2D eigenvalue weighted by Crippen LogP contribution is -2.60. The summed E-state index contributed by atoms with van der Waals surface area (Å²) in [4.78, 5) is 34.9. The summed E-state index contributed by atoms with van der Waals surface area (Å²) in [5.74, 6) is -3.45. The fourth-order valence-corrected chi connectivity index (χ4v) is 10.1. The number of halogens is 3. The van der Waals surface area contributed by atoms with Gasteiger partial charge in [0.2, 0.25) is 5.91 Å². The number of rotatable bonds is 14. The molecule has 12 heteroatoms. The topological polar surface area (TPSA) is 82.6 Å². The Hall–Kier alpha value is -3.61. The van der Waals surface area contributed by atoms with E-state index in [1.165, 1.54) is 17.0 Å². The van der Waals surface area contributed by atoms with E-state index in [-0.39, 0.29) is 47.8 Å². The van der Waals surface area contributed by atoms with Gasteiger partial charge in [0.15, 0.2) is 0 Å². The van der Waals surface area contributed by atoms with E-state index in [9.17, 15) is 19.1 Å². The quantitative estimate of drug-likeness (QED) is 0.239. The van der Waals surface area contributed by atoms with E-state index in [2.05, 4.69) is 26.1 Å². The Labute approximate surface area is 318 Å². The molecule has 0 unspecified atom stereocenters. The minimum atomic E-state index is -3.00. The number of piperidine rings is 1. The van der Waals surface area contributed by atoms with Crippen molar-refractivity contribution >= 4 is 17.7 Å². The number of hydrogen-bond donors (Lipinski definition) is 2. The lowest BCUT2D eigenvalue weighted by molar-refractivity contribution is -0.151. The summed E-state index contributed by atoms with van der Waals surface area (Å²) in [5.41, 5.74) is 1.63. The van der Waals surface area contributed by atoms with E-state index in [0.717, 1.165) is 102 Å². The van der Waals surface area contributed by atoms with Crippen LogP contribution in [0.3, 0.4) is 0 Å². The van der Waals surface area contributed by atoms with Crippen LogP contribution < -0.4 is 10.2 Å². The van der Waals surface area contributed by atoms with Crippen molar-refractivity contribution in [2.24, 2.45) is 23.7 Å². The highest BCUT2D eigenvalue weighted by Crippen LogP contribution is 2.51. The van der Waals surface area contributed by atoms with E-state index in [1.54, 1.807) is 36.4 Å². The molecular formula is C42H57F3N6O3. The molecule has 5 fully saturated rings. The van der Waals surface area contributed by atoms with Gasteiger partial charge in [-0.05, 0) is 114 Å². The second kappa shape index (κ2) is 16.2. The van der Waals surface area contributed by atoms with Crippen LogP contribution in [0, 0.1) is 29.5 Å². The smallest absolute Gasteiger partial charge is 0.404 e. The number of benzene rings is 2. The first-order valence-electron chi connectivity index (χ1n) is 20.0. The number of nitrogens with one attached hydrogen (secondary N) is 1. The maximum Gasteiger partial charge on any atom is 0.404 e. The molecule has 294 valence electrons. The normalized spacial score (nSPS) is 24.7. The summed E-state index contributed by atoms with van der Waals surface area (Å²) in [7, 11) is 3.81. The van der Waals surface area contributed by atoms with Gasteiger partial charge in [0.25, 0.3) is 5.92 Å². The highest BCUT2D eigenvalue weighted by atomic mass is 19.3. The number of likely N-dealkylation sites (N-methyl/N-ethyl adjacent to an activating group) is 1. The molecule has 4 heterocycles. The first kappa shape index (κ1) is 38.7. The largest absolute Gasteiger partial charge is 0.465 e. The summed E-state index contributed by atoms with van der Waals surface area (Å²) in [5, 5.41) is 12.6. The third kappa shape index (κ3) is 8.16. The number of carboxylic acid groups (broad SMARTS) is 1. The highest BCUT2D eigenvalue weighted by Gasteiger charge is 2.53. The summed E-state index contributed by atoms with van der Waals surface area (Å²) in [6, 6.07) is 13.7. The van der Waals surface area contributed by atoms with Crippen LogP contribution in [0.15, 0.2) is 60.7 Å². The van der Waals surface area contributed by atoms with E-state index in [1.807, 2.05) is 25.1 Å². The molecule has 0 spiro atoms. The van der Waals surface area contributed by atoms with Crippen molar-refractivity contribution in [2.75, 3.05) is 91.0 Å². The van der Waals surface area contributed by atoms with Crippen LogP contribution in [0.1, 0.15) is 49.7 Å². The molecule has 0 aromatic heterocycles. The Bertz CT molecular complexity index is 1630. The van der Waals surface area contributed by atoms with Gasteiger partial charge in [-0.15, -0.1) is 0 Å². The Morgan fingerprint density at radius 1 is 0.889 bits per heavy atom.